The normalized spacial score (nSPS) is 23.5. The summed E-state index contributed by atoms with van der Waals surface area (Å²) in [4.78, 5) is 30.2. The van der Waals surface area contributed by atoms with Gasteiger partial charge in [-0.3, -0.25) is 14.5 Å². The van der Waals surface area contributed by atoms with Crippen LogP contribution in [0.1, 0.15) is 49.9 Å². The Morgan fingerprint density at radius 2 is 1.75 bits per heavy atom. The van der Waals surface area contributed by atoms with E-state index in [0.29, 0.717) is 36.9 Å². The molecule has 5 nitrogen and oxygen atoms in total. The standard InChI is InChI=1S/C22H32FN3O2/c1-16-4-7-19(8-5-16)24(3)22(28)15-25-10-12-26(13-11-25)21-9-6-18(17(2)27)14-20(21)23/h6,9,14,16,19H,4-5,7-8,10-13,15H2,1-3H3. The molecule has 1 aromatic rings. The van der Waals surface area contributed by atoms with Crippen molar-refractivity contribution in [3.8, 4) is 0 Å². The Balaban J connectivity index is 1.50. The zero-order valence-corrected chi connectivity index (χ0v) is 17.3. The minimum absolute atomic E-state index is 0.134. The Kier molecular flexibility index (Phi) is 6.70. The van der Waals surface area contributed by atoms with E-state index in [2.05, 4.69) is 11.8 Å². The van der Waals surface area contributed by atoms with Crippen molar-refractivity contribution in [3.63, 3.8) is 0 Å². The maximum Gasteiger partial charge on any atom is 0.236 e. The van der Waals surface area contributed by atoms with Crippen LogP contribution in [0.4, 0.5) is 10.1 Å². The molecule has 1 heterocycles. The van der Waals surface area contributed by atoms with Gasteiger partial charge in [-0.15, -0.1) is 0 Å². The maximum atomic E-state index is 14.4. The van der Waals surface area contributed by atoms with E-state index in [-0.39, 0.29) is 17.5 Å². The lowest BCUT2D eigenvalue weighted by molar-refractivity contribution is -0.134. The van der Waals surface area contributed by atoms with Gasteiger partial charge in [0.15, 0.2) is 5.78 Å². The number of anilines is 1. The molecule has 28 heavy (non-hydrogen) atoms. The molecule has 1 amide bonds. The van der Waals surface area contributed by atoms with Crippen molar-refractivity contribution in [2.45, 2.75) is 45.6 Å². The Bertz CT molecular complexity index is 708. The molecule has 0 atom stereocenters. The first-order valence-corrected chi connectivity index (χ1v) is 10.4. The third kappa shape index (κ3) is 4.90. The highest BCUT2D eigenvalue weighted by molar-refractivity contribution is 5.94. The van der Waals surface area contributed by atoms with Gasteiger partial charge >= 0.3 is 0 Å². The summed E-state index contributed by atoms with van der Waals surface area (Å²) in [6, 6.07) is 5.05. The van der Waals surface area contributed by atoms with Gasteiger partial charge in [0, 0.05) is 44.8 Å². The van der Waals surface area contributed by atoms with E-state index in [1.165, 1.54) is 25.8 Å². The predicted molar refractivity (Wildman–Crippen MR) is 109 cm³/mol. The number of likely N-dealkylation sites (N-methyl/N-ethyl adjacent to an activating group) is 1. The van der Waals surface area contributed by atoms with Crippen LogP contribution >= 0.6 is 0 Å². The molecule has 1 aliphatic carbocycles. The fourth-order valence-electron chi connectivity index (χ4n) is 4.27. The Hall–Kier alpha value is -1.95. The number of ketones is 1. The lowest BCUT2D eigenvalue weighted by Crippen LogP contribution is -2.51. The van der Waals surface area contributed by atoms with Gasteiger partial charge in [0.1, 0.15) is 5.82 Å². The number of piperazine rings is 1. The molecule has 1 aliphatic heterocycles. The molecule has 1 aromatic carbocycles. The third-order valence-electron chi connectivity index (χ3n) is 6.35. The molecule has 0 unspecified atom stereocenters. The molecule has 0 radical (unpaired) electrons. The van der Waals surface area contributed by atoms with E-state index in [1.54, 1.807) is 12.1 Å². The van der Waals surface area contributed by atoms with Gasteiger partial charge in [-0.05, 0) is 56.7 Å². The molecule has 0 bridgehead atoms. The molecular weight excluding hydrogens is 357 g/mol. The zero-order chi connectivity index (χ0) is 20.3. The molecule has 154 valence electrons. The summed E-state index contributed by atoms with van der Waals surface area (Å²) in [5, 5.41) is 0. The lowest BCUT2D eigenvalue weighted by Gasteiger charge is -2.38. The van der Waals surface area contributed by atoms with Gasteiger partial charge in [0.05, 0.1) is 12.2 Å². The van der Waals surface area contributed by atoms with Crippen molar-refractivity contribution in [1.29, 1.82) is 0 Å². The van der Waals surface area contributed by atoms with Gasteiger partial charge in [-0.2, -0.15) is 0 Å². The van der Waals surface area contributed by atoms with E-state index in [0.717, 1.165) is 31.8 Å². The number of hydrogen-bond acceptors (Lipinski definition) is 4. The molecule has 6 heteroatoms. The van der Waals surface area contributed by atoms with Crippen molar-refractivity contribution in [1.82, 2.24) is 9.80 Å². The highest BCUT2D eigenvalue weighted by Gasteiger charge is 2.27. The first kappa shape index (κ1) is 20.8. The fourth-order valence-corrected chi connectivity index (χ4v) is 4.27. The number of nitrogens with zero attached hydrogens (tertiary/aromatic N) is 3. The maximum absolute atomic E-state index is 14.4. The Morgan fingerprint density at radius 1 is 1.11 bits per heavy atom. The SMILES string of the molecule is CC(=O)c1ccc(N2CCN(CC(=O)N(C)C3CCC(C)CC3)CC2)c(F)c1. The van der Waals surface area contributed by atoms with Gasteiger partial charge in [0.2, 0.25) is 5.91 Å². The second-order valence-electron chi connectivity index (χ2n) is 8.40. The third-order valence-corrected chi connectivity index (χ3v) is 6.35. The van der Waals surface area contributed by atoms with E-state index < -0.39 is 0 Å². The number of hydrogen-bond donors (Lipinski definition) is 0. The largest absolute Gasteiger partial charge is 0.367 e. The number of rotatable bonds is 5. The number of carbonyl (C=O) groups is 2. The average Bonchev–Trinajstić information content (AvgIpc) is 2.68. The van der Waals surface area contributed by atoms with Crippen molar-refractivity contribution < 1.29 is 14.0 Å². The quantitative estimate of drug-likeness (QED) is 0.726. The van der Waals surface area contributed by atoms with E-state index in [1.807, 2.05) is 16.8 Å². The van der Waals surface area contributed by atoms with Gasteiger partial charge < -0.3 is 9.80 Å². The van der Waals surface area contributed by atoms with Crippen LogP contribution in [0.15, 0.2) is 18.2 Å². The smallest absolute Gasteiger partial charge is 0.236 e. The van der Waals surface area contributed by atoms with E-state index in [9.17, 15) is 14.0 Å². The monoisotopic (exact) mass is 389 g/mol. The molecule has 1 saturated carbocycles. The fraction of sp³-hybridized carbons (Fsp3) is 0.636. The molecule has 2 aliphatic rings. The second-order valence-corrected chi connectivity index (χ2v) is 8.40. The summed E-state index contributed by atoms with van der Waals surface area (Å²) in [6.07, 6.45) is 4.61. The summed E-state index contributed by atoms with van der Waals surface area (Å²) in [5.41, 5.74) is 0.926. The van der Waals surface area contributed by atoms with Gasteiger partial charge in [-0.1, -0.05) is 6.92 Å². The average molecular weight is 390 g/mol. The van der Waals surface area contributed by atoms with Crippen LogP contribution in [0.25, 0.3) is 0 Å². The van der Waals surface area contributed by atoms with E-state index >= 15 is 0 Å². The van der Waals surface area contributed by atoms with Crippen LogP contribution in [0, 0.1) is 11.7 Å². The first-order valence-electron chi connectivity index (χ1n) is 10.4. The number of Topliss-reactive ketones (excluding diaryl/α,β-unsaturated/α-hetero) is 1. The lowest BCUT2D eigenvalue weighted by atomic mass is 9.87. The zero-order valence-electron chi connectivity index (χ0n) is 17.3. The van der Waals surface area contributed by atoms with Gasteiger partial charge in [-0.25, -0.2) is 4.39 Å². The summed E-state index contributed by atoms with van der Waals surface area (Å²) >= 11 is 0. The van der Waals surface area contributed by atoms with Crippen LogP contribution in [0.5, 0.6) is 0 Å². The minimum Gasteiger partial charge on any atom is -0.367 e. The van der Waals surface area contributed by atoms with Crippen molar-refractivity contribution >= 4 is 17.4 Å². The van der Waals surface area contributed by atoms with Crippen LogP contribution in [0.3, 0.4) is 0 Å². The van der Waals surface area contributed by atoms with Crippen molar-refractivity contribution in [3.05, 3.63) is 29.6 Å². The molecule has 1 saturated heterocycles. The number of benzene rings is 1. The van der Waals surface area contributed by atoms with E-state index in [4.69, 9.17) is 0 Å². The summed E-state index contributed by atoms with van der Waals surface area (Å²) in [6.45, 7) is 6.97. The topological polar surface area (TPSA) is 43.9 Å². The first-order chi connectivity index (χ1) is 13.3. The van der Waals surface area contributed by atoms with Crippen LogP contribution in [-0.4, -0.2) is 67.3 Å². The summed E-state index contributed by atoms with van der Waals surface area (Å²) in [7, 11) is 1.94. The van der Waals surface area contributed by atoms with Gasteiger partial charge in [0.25, 0.3) is 0 Å². The minimum atomic E-state index is -0.358. The highest BCUT2D eigenvalue weighted by atomic mass is 19.1. The molecule has 2 fully saturated rings. The molecule has 0 aromatic heterocycles. The second kappa shape index (κ2) is 9.03. The van der Waals surface area contributed by atoms with Crippen molar-refractivity contribution in [2.24, 2.45) is 5.92 Å². The molecule has 3 rings (SSSR count). The Morgan fingerprint density at radius 3 is 2.32 bits per heavy atom. The number of amides is 1. The number of halogens is 1. The van der Waals surface area contributed by atoms with Crippen molar-refractivity contribution in [2.75, 3.05) is 44.7 Å². The highest BCUT2D eigenvalue weighted by Crippen LogP contribution is 2.27. The Labute approximate surface area is 167 Å². The van der Waals surface area contributed by atoms with Crippen LogP contribution in [-0.2, 0) is 4.79 Å². The molecule has 0 spiro atoms. The predicted octanol–water partition coefficient (Wildman–Crippen LogP) is 3.19. The van der Waals surface area contributed by atoms with Crippen LogP contribution in [0.2, 0.25) is 0 Å². The summed E-state index contributed by atoms with van der Waals surface area (Å²) < 4.78 is 14.4. The number of carbonyl (C=O) groups excluding carboxylic acids is 2. The summed E-state index contributed by atoms with van der Waals surface area (Å²) in [5.74, 6) is 0.469. The van der Waals surface area contributed by atoms with Crippen LogP contribution < -0.4 is 4.90 Å². The molecule has 0 N–H and O–H groups in total. The molecular formula is C22H32FN3O2.